The van der Waals surface area contributed by atoms with Gasteiger partial charge in [0.1, 0.15) is 0 Å². The van der Waals surface area contributed by atoms with Crippen molar-refractivity contribution in [3.8, 4) is 0 Å². The fourth-order valence-corrected chi connectivity index (χ4v) is 1.18. The van der Waals surface area contributed by atoms with Crippen LogP contribution in [0, 0.1) is 10.8 Å². The average Bonchev–Trinajstić information content (AvgIpc) is 2.67. The molecule has 2 heterocycles. The first kappa shape index (κ1) is 15.0. The van der Waals surface area contributed by atoms with Crippen molar-refractivity contribution in [2.75, 3.05) is 0 Å². The van der Waals surface area contributed by atoms with Crippen LogP contribution in [-0.4, -0.2) is 18.9 Å². The second-order valence-electron chi connectivity index (χ2n) is 1.46. The quantitative estimate of drug-likeness (QED) is 0.488. The van der Waals surface area contributed by atoms with Gasteiger partial charge in [0.2, 0.25) is 0 Å². The van der Waals surface area contributed by atoms with E-state index in [0.717, 1.165) is 0 Å². The van der Waals surface area contributed by atoms with Crippen LogP contribution in [0.15, 0.2) is 35.0 Å². The number of hydrogen-bond donors (Lipinski definition) is 0. The summed E-state index contributed by atoms with van der Waals surface area (Å²) in [5.41, 5.74) is 0. The van der Waals surface area contributed by atoms with Crippen molar-refractivity contribution in [3.63, 3.8) is 0 Å². The van der Waals surface area contributed by atoms with E-state index in [9.17, 15) is 0 Å². The van der Waals surface area contributed by atoms with E-state index in [0.29, 0.717) is 0 Å². The number of hydrogen-bond acceptors (Lipinski definition) is 2. The molecule has 2 aromatic rings. The maximum atomic E-state index is 2.90. The van der Waals surface area contributed by atoms with Crippen LogP contribution in [0.5, 0.6) is 0 Å². The summed E-state index contributed by atoms with van der Waals surface area (Å²) in [5.74, 6) is 0. The van der Waals surface area contributed by atoms with Gasteiger partial charge in [-0.1, -0.05) is 0 Å². The molecule has 0 aliphatic carbocycles. The van der Waals surface area contributed by atoms with Crippen molar-refractivity contribution in [1.29, 1.82) is 0 Å². The van der Waals surface area contributed by atoms with Crippen LogP contribution in [-0.2, 0) is 17.1 Å². The van der Waals surface area contributed by atoms with Crippen molar-refractivity contribution in [2.45, 2.75) is 0 Å². The summed E-state index contributed by atoms with van der Waals surface area (Å²) < 4.78 is 0. The molecule has 0 saturated heterocycles. The molecule has 0 atom stereocenters. The Kier molecular flexibility index (Phi) is 14.4. The standard InChI is InChI=1S/2C4H3S.Cu.Li/c2*1-2-4-5-3-1;;/h2*1-3H;;/q2*-1;+2;. The Bertz CT molecular complexity index is 156. The second kappa shape index (κ2) is 11.5. The molecule has 0 nitrogen and oxygen atoms in total. The summed E-state index contributed by atoms with van der Waals surface area (Å²) in [4.78, 5) is 0. The minimum Gasteiger partial charge on any atom is -0.304 e. The fraction of sp³-hybridized carbons (Fsp3) is 0. The molecule has 2 radical (unpaired) electrons. The Morgan fingerprint density at radius 1 is 0.833 bits per heavy atom. The van der Waals surface area contributed by atoms with Gasteiger partial charge < -0.3 is 22.7 Å². The van der Waals surface area contributed by atoms with Crippen molar-refractivity contribution < 1.29 is 17.1 Å². The van der Waals surface area contributed by atoms with Crippen molar-refractivity contribution in [3.05, 3.63) is 45.8 Å². The van der Waals surface area contributed by atoms with Crippen molar-refractivity contribution in [2.24, 2.45) is 0 Å². The van der Waals surface area contributed by atoms with Gasteiger partial charge in [0.15, 0.2) is 0 Å². The van der Waals surface area contributed by atoms with Gasteiger partial charge in [0.25, 0.3) is 0 Å². The molecule has 0 aliphatic rings. The third-order valence-corrected chi connectivity index (χ3v) is 1.89. The number of thiophene rings is 2. The van der Waals surface area contributed by atoms with Gasteiger partial charge in [-0.2, -0.15) is 22.9 Å². The first-order chi connectivity index (χ1) is 5.00. The summed E-state index contributed by atoms with van der Waals surface area (Å²) in [6, 6.07) is 7.71. The molecule has 4 heteroatoms. The molecular formula is C8H6CuLiS2. The monoisotopic (exact) mass is 236 g/mol. The maximum Gasteiger partial charge on any atom is 2.00 e. The molecule has 2 rings (SSSR count). The Morgan fingerprint density at radius 2 is 1.25 bits per heavy atom. The number of rotatable bonds is 0. The van der Waals surface area contributed by atoms with E-state index in [1.807, 2.05) is 35.0 Å². The van der Waals surface area contributed by atoms with E-state index >= 15 is 0 Å². The van der Waals surface area contributed by atoms with Crippen LogP contribution >= 0.6 is 22.7 Å². The van der Waals surface area contributed by atoms with Crippen LogP contribution in [0.3, 0.4) is 0 Å². The van der Waals surface area contributed by atoms with Gasteiger partial charge in [-0.15, -0.1) is 10.8 Å². The molecule has 0 aromatic carbocycles. The molecule has 0 saturated carbocycles. The Hall–Kier alpha value is 0.517. The summed E-state index contributed by atoms with van der Waals surface area (Å²) in [5, 5.41) is 9.78. The molecule has 0 amide bonds. The maximum absolute atomic E-state index is 2.90. The zero-order valence-corrected chi connectivity index (χ0v) is 9.16. The topological polar surface area (TPSA) is 0 Å². The Balaban J connectivity index is 0. The molecule has 0 N–H and O–H groups in total. The molecule has 62 valence electrons. The van der Waals surface area contributed by atoms with Gasteiger partial charge in [0.05, 0.1) is 0 Å². The minimum atomic E-state index is 0. The van der Waals surface area contributed by atoms with Crippen molar-refractivity contribution >= 4 is 41.5 Å². The first-order valence-corrected chi connectivity index (χ1v) is 4.55. The van der Waals surface area contributed by atoms with Gasteiger partial charge in [-0.05, 0) is 0 Å². The molecule has 12 heavy (non-hydrogen) atoms. The predicted octanol–water partition coefficient (Wildman–Crippen LogP) is 2.71. The molecule has 0 bridgehead atoms. The molecule has 2 aromatic heterocycles. The van der Waals surface area contributed by atoms with E-state index in [1.165, 1.54) is 0 Å². The predicted molar refractivity (Wildman–Crippen MR) is 52.1 cm³/mol. The molecular weight excluding hydrogens is 231 g/mol. The average molecular weight is 237 g/mol. The van der Waals surface area contributed by atoms with Gasteiger partial charge in [0, 0.05) is 18.9 Å². The zero-order chi connectivity index (χ0) is 7.07. The van der Waals surface area contributed by atoms with Crippen molar-refractivity contribution in [1.82, 2.24) is 0 Å². The molecule has 0 fully saturated rings. The van der Waals surface area contributed by atoms with Crippen LogP contribution in [0.25, 0.3) is 0 Å². The van der Waals surface area contributed by atoms with E-state index in [2.05, 4.69) is 10.8 Å². The Labute approximate surface area is 104 Å². The van der Waals surface area contributed by atoms with Gasteiger partial charge in [-0.25, -0.2) is 12.1 Å². The van der Waals surface area contributed by atoms with Gasteiger partial charge in [-0.3, -0.25) is 0 Å². The third kappa shape index (κ3) is 8.61. The minimum absolute atomic E-state index is 0. The van der Waals surface area contributed by atoms with Crippen LogP contribution in [0.4, 0.5) is 0 Å². The molecule has 0 aliphatic heterocycles. The largest absolute Gasteiger partial charge is 2.00 e. The zero-order valence-electron chi connectivity index (χ0n) is 6.58. The Morgan fingerprint density at radius 3 is 1.33 bits per heavy atom. The smallest absolute Gasteiger partial charge is 0.304 e. The first-order valence-electron chi connectivity index (χ1n) is 2.79. The van der Waals surface area contributed by atoms with Crippen LogP contribution in [0.2, 0.25) is 0 Å². The summed E-state index contributed by atoms with van der Waals surface area (Å²) in [6.07, 6.45) is 0. The SMILES string of the molecule is [Cu+2].[Li].[c-]1cccs1.[c-]1cccs1. The van der Waals surface area contributed by atoms with E-state index in [4.69, 9.17) is 0 Å². The summed E-state index contributed by atoms with van der Waals surface area (Å²) in [7, 11) is 0. The van der Waals surface area contributed by atoms with E-state index in [-0.39, 0.29) is 35.9 Å². The van der Waals surface area contributed by atoms with Crippen LogP contribution in [0.1, 0.15) is 0 Å². The summed E-state index contributed by atoms with van der Waals surface area (Å²) in [6.45, 7) is 0. The van der Waals surface area contributed by atoms with E-state index < -0.39 is 0 Å². The van der Waals surface area contributed by atoms with Gasteiger partial charge >= 0.3 is 17.1 Å². The fourth-order valence-electron chi connectivity index (χ4n) is 0.393. The molecule has 0 spiro atoms. The third-order valence-electron chi connectivity index (χ3n) is 0.758. The van der Waals surface area contributed by atoms with E-state index in [1.54, 1.807) is 22.7 Å². The summed E-state index contributed by atoms with van der Waals surface area (Å²) >= 11 is 3.18. The molecule has 0 unspecified atom stereocenters. The normalized spacial score (nSPS) is 6.67. The van der Waals surface area contributed by atoms with Crippen LogP contribution < -0.4 is 0 Å². The second-order valence-corrected chi connectivity index (χ2v) is 2.95.